The summed E-state index contributed by atoms with van der Waals surface area (Å²) in [7, 11) is -3.73. The Balaban J connectivity index is 3.21. The summed E-state index contributed by atoms with van der Waals surface area (Å²) in [5.74, 6) is 2.51. The maximum absolute atomic E-state index is 10.1. The second-order valence-corrected chi connectivity index (χ2v) is 4.53. The van der Waals surface area contributed by atoms with E-state index in [9.17, 15) is 8.42 Å². The quantitative estimate of drug-likeness (QED) is 0.513. The van der Waals surface area contributed by atoms with Gasteiger partial charge in [0.25, 0.3) is 10.1 Å². The van der Waals surface area contributed by atoms with Crippen LogP contribution in [-0.4, -0.2) is 24.5 Å². The minimum absolute atomic E-state index is 0.131. The van der Waals surface area contributed by atoms with Crippen molar-refractivity contribution in [2.45, 2.75) is 13.3 Å². The normalized spacial score (nSPS) is 11.8. The van der Waals surface area contributed by atoms with Crippen LogP contribution in [0.1, 0.15) is 13.3 Å². The third-order valence-corrected chi connectivity index (χ3v) is 2.49. The summed E-state index contributed by atoms with van der Waals surface area (Å²) in [5, 5.41) is 0. The second-order valence-electron chi connectivity index (χ2n) is 1.75. The van der Waals surface area contributed by atoms with Crippen molar-refractivity contribution < 1.29 is 13.0 Å². The summed E-state index contributed by atoms with van der Waals surface area (Å²) in [5.41, 5.74) is 0. The monoisotopic (exact) mass is 183 g/mol. The van der Waals surface area contributed by atoms with Crippen LogP contribution in [0.4, 0.5) is 0 Å². The molecule has 0 aliphatic rings. The fraction of sp³-hybridized carbons (Fsp3) is 0.800. The largest absolute Gasteiger partial charge is 0.286 e. The van der Waals surface area contributed by atoms with Crippen molar-refractivity contribution >= 4 is 21.9 Å². The molecule has 0 saturated heterocycles. The lowest BCUT2D eigenvalue weighted by Crippen LogP contribution is -2.04. The molecular formula is C5H11O3S2. The summed E-state index contributed by atoms with van der Waals surface area (Å²) < 4.78 is 28.5. The summed E-state index contributed by atoms with van der Waals surface area (Å²) in [6, 6.07) is 0. The molecule has 1 N–H and O–H groups in total. The molecule has 0 rings (SSSR count). The highest BCUT2D eigenvalue weighted by molar-refractivity contribution is 8.01. The Hall–Kier alpha value is 0.260. The van der Waals surface area contributed by atoms with E-state index < -0.39 is 10.1 Å². The molecule has 0 atom stereocenters. The van der Waals surface area contributed by atoms with Crippen LogP contribution in [0, 0.1) is 5.75 Å². The van der Waals surface area contributed by atoms with E-state index in [4.69, 9.17) is 4.55 Å². The molecule has 0 aromatic carbocycles. The SMILES string of the molecule is C[CH]SCCCS(=O)(=O)O. The van der Waals surface area contributed by atoms with Gasteiger partial charge in [-0.1, -0.05) is 6.92 Å². The van der Waals surface area contributed by atoms with Crippen LogP contribution in [0.15, 0.2) is 0 Å². The molecule has 0 unspecified atom stereocenters. The fourth-order valence-corrected chi connectivity index (χ4v) is 1.68. The summed E-state index contributed by atoms with van der Waals surface area (Å²) >= 11 is 1.55. The molecule has 0 heterocycles. The molecule has 1 radical (unpaired) electrons. The molecule has 0 aromatic rings. The van der Waals surface area contributed by atoms with Crippen molar-refractivity contribution in [3.63, 3.8) is 0 Å². The lowest BCUT2D eigenvalue weighted by Gasteiger charge is -1.95. The third kappa shape index (κ3) is 8.26. The zero-order valence-electron chi connectivity index (χ0n) is 5.78. The van der Waals surface area contributed by atoms with Gasteiger partial charge in [-0.25, -0.2) is 0 Å². The van der Waals surface area contributed by atoms with Gasteiger partial charge < -0.3 is 0 Å². The molecule has 0 aliphatic carbocycles. The average molecular weight is 183 g/mol. The predicted octanol–water partition coefficient (Wildman–Crippen LogP) is 1.18. The van der Waals surface area contributed by atoms with E-state index in [1.807, 2.05) is 12.7 Å². The van der Waals surface area contributed by atoms with Gasteiger partial charge in [0.15, 0.2) is 0 Å². The van der Waals surface area contributed by atoms with Gasteiger partial charge >= 0.3 is 0 Å². The number of thioether (sulfide) groups is 1. The lowest BCUT2D eigenvalue weighted by atomic mass is 10.6. The lowest BCUT2D eigenvalue weighted by molar-refractivity contribution is 0.482. The van der Waals surface area contributed by atoms with E-state index in [2.05, 4.69) is 0 Å². The Morgan fingerprint density at radius 1 is 1.60 bits per heavy atom. The highest BCUT2D eigenvalue weighted by Crippen LogP contribution is 2.05. The molecule has 0 amide bonds. The maximum Gasteiger partial charge on any atom is 0.264 e. The Labute approximate surface area is 66.0 Å². The highest BCUT2D eigenvalue weighted by Gasteiger charge is 2.02. The Bertz CT molecular complexity index is 162. The third-order valence-electron chi connectivity index (χ3n) is 0.831. The molecule has 5 heteroatoms. The van der Waals surface area contributed by atoms with Crippen LogP contribution in [0.3, 0.4) is 0 Å². The van der Waals surface area contributed by atoms with E-state index in [0.29, 0.717) is 6.42 Å². The van der Waals surface area contributed by atoms with Gasteiger partial charge in [-0.2, -0.15) is 20.2 Å². The van der Waals surface area contributed by atoms with Crippen molar-refractivity contribution in [2.75, 3.05) is 11.5 Å². The molecule has 0 aromatic heterocycles. The van der Waals surface area contributed by atoms with E-state index in [0.717, 1.165) is 5.75 Å². The Morgan fingerprint density at radius 3 is 2.60 bits per heavy atom. The van der Waals surface area contributed by atoms with Crippen molar-refractivity contribution in [3.8, 4) is 0 Å². The van der Waals surface area contributed by atoms with Crippen LogP contribution < -0.4 is 0 Å². The van der Waals surface area contributed by atoms with E-state index in [1.54, 1.807) is 11.8 Å². The number of hydrogen-bond acceptors (Lipinski definition) is 3. The molecule has 0 bridgehead atoms. The van der Waals surface area contributed by atoms with Crippen molar-refractivity contribution in [3.05, 3.63) is 5.75 Å². The zero-order chi connectivity index (χ0) is 8.04. The van der Waals surface area contributed by atoms with E-state index in [-0.39, 0.29) is 5.75 Å². The first-order valence-corrected chi connectivity index (χ1v) is 5.56. The Kier molecular flexibility index (Phi) is 5.11. The number of hydrogen-bond donors (Lipinski definition) is 1. The summed E-state index contributed by atoms with van der Waals surface area (Å²) in [4.78, 5) is 0. The fourth-order valence-electron chi connectivity index (χ4n) is 0.443. The van der Waals surface area contributed by atoms with Crippen molar-refractivity contribution in [1.82, 2.24) is 0 Å². The molecular weight excluding hydrogens is 172 g/mol. The van der Waals surface area contributed by atoms with Gasteiger partial charge in [0.05, 0.1) is 5.75 Å². The molecule has 0 fully saturated rings. The first kappa shape index (κ1) is 10.3. The molecule has 61 valence electrons. The molecule has 0 saturated carbocycles. The molecule has 3 nitrogen and oxygen atoms in total. The smallest absolute Gasteiger partial charge is 0.264 e. The van der Waals surface area contributed by atoms with E-state index in [1.165, 1.54) is 0 Å². The van der Waals surface area contributed by atoms with Crippen molar-refractivity contribution in [2.24, 2.45) is 0 Å². The zero-order valence-corrected chi connectivity index (χ0v) is 7.41. The first-order chi connectivity index (χ1) is 4.56. The topological polar surface area (TPSA) is 54.4 Å². The maximum atomic E-state index is 10.1. The van der Waals surface area contributed by atoms with Gasteiger partial charge in [-0.15, -0.1) is 0 Å². The summed E-state index contributed by atoms with van der Waals surface area (Å²) in [6.07, 6.45) is 0.508. The minimum Gasteiger partial charge on any atom is -0.286 e. The first-order valence-electron chi connectivity index (χ1n) is 2.91. The molecule has 10 heavy (non-hydrogen) atoms. The Morgan fingerprint density at radius 2 is 2.20 bits per heavy atom. The van der Waals surface area contributed by atoms with Crippen LogP contribution in [0.5, 0.6) is 0 Å². The van der Waals surface area contributed by atoms with Gasteiger partial charge in [-0.3, -0.25) is 4.55 Å². The van der Waals surface area contributed by atoms with Gasteiger partial charge in [0, 0.05) is 5.75 Å². The molecule has 0 spiro atoms. The van der Waals surface area contributed by atoms with Gasteiger partial charge in [0.1, 0.15) is 0 Å². The average Bonchev–Trinajstić information content (AvgIpc) is 1.78. The van der Waals surface area contributed by atoms with Crippen molar-refractivity contribution in [1.29, 1.82) is 0 Å². The standard InChI is InChI=1S/C5H11O3S2/c1-2-9-4-3-5-10(6,7)8/h2H,3-5H2,1H3,(H,6,7,8). The number of rotatable bonds is 5. The predicted molar refractivity (Wildman–Crippen MR) is 43.5 cm³/mol. The van der Waals surface area contributed by atoms with Crippen LogP contribution >= 0.6 is 11.8 Å². The van der Waals surface area contributed by atoms with Crippen LogP contribution in [0.25, 0.3) is 0 Å². The molecule has 0 aliphatic heterocycles. The van der Waals surface area contributed by atoms with Crippen LogP contribution in [-0.2, 0) is 10.1 Å². The summed E-state index contributed by atoms with van der Waals surface area (Å²) in [6.45, 7) is 1.89. The highest BCUT2D eigenvalue weighted by atomic mass is 32.2. The minimum atomic E-state index is -3.73. The van der Waals surface area contributed by atoms with Gasteiger partial charge in [-0.05, 0) is 12.2 Å². The van der Waals surface area contributed by atoms with E-state index >= 15 is 0 Å². The van der Waals surface area contributed by atoms with Gasteiger partial charge in [0.2, 0.25) is 0 Å². The second kappa shape index (κ2) is 4.98. The van der Waals surface area contributed by atoms with Crippen LogP contribution in [0.2, 0.25) is 0 Å².